The summed E-state index contributed by atoms with van der Waals surface area (Å²) in [5, 5.41) is 11.6. The van der Waals surface area contributed by atoms with Crippen molar-refractivity contribution in [3.63, 3.8) is 0 Å². The number of hydrogen-bond acceptors (Lipinski definition) is 4. The highest BCUT2D eigenvalue weighted by molar-refractivity contribution is 5.93. The van der Waals surface area contributed by atoms with E-state index in [1.807, 2.05) is 13.8 Å². The van der Waals surface area contributed by atoms with Gasteiger partial charge in [-0.05, 0) is 17.9 Å². The second-order valence-electron chi connectivity index (χ2n) is 5.61. The molecule has 0 radical (unpaired) electrons. The Morgan fingerprint density at radius 3 is 2.55 bits per heavy atom. The van der Waals surface area contributed by atoms with Crippen LogP contribution in [0.25, 0.3) is 0 Å². The van der Waals surface area contributed by atoms with Gasteiger partial charge < -0.3 is 15.2 Å². The monoisotopic (exact) mass is 320 g/mol. The van der Waals surface area contributed by atoms with Gasteiger partial charge in [0.15, 0.2) is 6.61 Å². The minimum absolute atomic E-state index is 0.0235. The van der Waals surface area contributed by atoms with Gasteiger partial charge in [0.25, 0.3) is 5.91 Å². The number of aliphatic hydroxyl groups is 1. The number of halogens is 3. The van der Waals surface area contributed by atoms with E-state index in [0.29, 0.717) is 13.0 Å². The first-order chi connectivity index (χ1) is 10.1. The Hall–Kier alpha value is -1.83. The molecule has 1 heterocycles. The summed E-state index contributed by atoms with van der Waals surface area (Å²) in [5.41, 5.74) is -0.0349. The molecule has 0 aromatic carbocycles. The Kier molecular flexibility index (Phi) is 6.16. The molecule has 0 aliphatic rings. The number of amides is 1. The smallest absolute Gasteiger partial charge is 0.422 e. The number of aromatic nitrogens is 1. The Bertz CT molecular complexity index is 487. The van der Waals surface area contributed by atoms with Crippen molar-refractivity contribution in [2.75, 3.05) is 19.8 Å². The van der Waals surface area contributed by atoms with Crippen LogP contribution in [0, 0.1) is 5.41 Å². The molecule has 124 valence electrons. The van der Waals surface area contributed by atoms with Crippen molar-refractivity contribution in [1.29, 1.82) is 0 Å². The van der Waals surface area contributed by atoms with Crippen LogP contribution in [0.5, 0.6) is 5.88 Å². The van der Waals surface area contributed by atoms with Gasteiger partial charge in [-0.2, -0.15) is 13.2 Å². The van der Waals surface area contributed by atoms with Crippen molar-refractivity contribution in [3.05, 3.63) is 23.9 Å². The zero-order valence-corrected chi connectivity index (χ0v) is 12.4. The first kappa shape index (κ1) is 18.2. The molecule has 1 rings (SSSR count). The number of aliphatic hydroxyl groups excluding tert-OH is 1. The number of carbonyl (C=O) groups is 1. The Balaban J connectivity index is 2.54. The van der Waals surface area contributed by atoms with Crippen LogP contribution in [-0.4, -0.2) is 41.9 Å². The second-order valence-corrected chi connectivity index (χ2v) is 5.61. The molecule has 2 N–H and O–H groups in total. The molecule has 0 bridgehead atoms. The minimum Gasteiger partial charge on any atom is -0.468 e. The van der Waals surface area contributed by atoms with Crippen LogP contribution in [0.1, 0.15) is 30.6 Å². The van der Waals surface area contributed by atoms with Crippen molar-refractivity contribution >= 4 is 5.91 Å². The van der Waals surface area contributed by atoms with Gasteiger partial charge in [-0.3, -0.25) is 4.79 Å². The maximum atomic E-state index is 12.0. The van der Waals surface area contributed by atoms with Crippen molar-refractivity contribution in [2.45, 2.75) is 26.4 Å². The SMILES string of the molecule is CC(C)(CCO)CNC(=O)c1ccc(OCC(F)(F)F)nc1. The molecule has 1 amide bonds. The van der Waals surface area contributed by atoms with E-state index in [1.165, 1.54) is 12.1 Å². The molecule has 0 saturated heterocycles. The first-order valence-electron chi connectivity index (χ1n) is 6.68. The summed E-state index contributed by atoms with van der Waals surface area (Å²) >= 11 is 0. The maximum absolute atomic E-state index is 12.0. The van der Waals surface area contributed by atoms with E-state index in [2.05, 4.69) is 15.0 Å². The third-order valence-electron chi connectivity index (χ3n) is 2.90. The van der Waals surface area contributed by atoms with Gasteiger partial charge in [0, 0.05) is 25.4 Å². The third kappa shape index (κ3) is 6.75. The van der Waals surface area contributed by atoms with E-state index in [9.17, 15) is 18.0 Å². The standard InChI is InChI=1S/C14H19F3N2O3/c1-13(2,5-6-20)8-19-12(21)10-3-4-11(18-7-10)22-9-14(15,16)17/h3-4,7,20H,5-6,8-9H2,1-2H3,(H,19,21). The summed E-state index contributed by atoms with van der Waals surface area (Å²) < 4.78 is 40.4. The molecule has 1 aromatic rings. The third-order valence-corrected chi connectivity index (χ3v) is 2.90. The average Bonchev–Trinajstić information content (AvgIpc) is 2.42. The number of ether oxygens (including phenoxy) is 1. The molecule has 0 saturated carbocycles. The van der Waals surface area contributed by atoms with Crippen LogP contribution < -0.4 is 10.1 Å². The molecule has 0 aliphatic heterocycles. The number of rotatable bonds is 7. The van der Waals surface area contributed by atoms with Gasteiger partial charge in [-0.1, -0.05) is 13.8 Å². The van der Waals surface area contributed by atoms with Crippen molar-refractivity contribution in [2.24, 2.45) is 5.41 Å². The number of nitrogens with one attached hydrogen (secondary N) is 1. The van der Waals surface area contributed by atoms with Gasteiger partial charge >= 0.3 is 6.18 Å². The Morgan fingerprint density at radius 2 is 2.05 bits per heavy atom. The van der Waals surface area contributed by atoms with Crippen LogP contribution in [0.2, 0.25) is 0 Å². The first-order valence-corrected chi connectivity index (χ1v) is 6.68. The number of hydrogen-bond donors (Lipinski definition) is 2. The number of alkyl halides is 3. The van der Waals surface area contributed by atoms with Crippen molar-refractivity contribution < 1.29 is 27.8 Å². The van der Waals surface area contributed by atoms with E-state index < -0.39 is 12.8 Å². The van der Waals surface area contributed by atoms with Gasteiger partial charge in [-0.25, -0.2) is 4.98 Å². The summed E-state index contributed by atoms with van der Waals surface area (Å²) in [6.07, 6.45) is -2.74. The van der Waals surface area contributed by atoms with E-state index in [4.69, 9.17) is 5.11 Å². The molecule has 0 fully saturated rings. The predicted molar refractivity (Wildman–Crippen MR) is 73.6 cm³/mol. The van der Waals surface area contributed by atoms with Gasteiger partial charge in [0.05, 0.1) is 5.56 Å². The van der Waals surface area contributed by atoms with Gasteiger partial charge in [-0.15, -0.1) is 0 Å². The van der Waals surface area contributed by atoms with Crippen molar-refractivity contribution in [3.8, 4) is 5.88 Å². The molecular formula is C14H19F3N2O3. The Morgan fingerprint density at radius 1 is 1.36 bits per heavy atom. The fraction of sp³-hybridized carbons (Fsp3) is 0.571. The maximum Gasteiger partial charge on any atom is 0.422 e. The van der Waals surface area contributed by atoms with E-state index in [1.54, 1.807) is 0 Å². The molecule has 0 spiro atoms. The topological polar surface area (TPSA) is 71.5 Å². The lowest BCUT2D eigenvalue weighted by atomic mass is 9.90. The van der Waals surface area contributed by atoms with Gasteiger partial charge in [0.2, 0.25) is 5.88 Å². The summed E-state index contributed by atoms with van der Waals surface area (Å²) in [6.45, 7) is 2.75. The quantitative estimate of drug-likeness (QED) is 0.807. The molecule has 22 heavy (non-hydrogen) atoms. The molecule has 0 aliphatic carbocycles. The predicted octanol–water partition coefficient (Wildman–Crippen LogP) is 2.16. The molecule has 8 heteroatoms. The molecule has 0 atom stereocenters. The van der Waals surface area contributed by atoms with Crippen LogP contribution in [0.4, 0.5) is 13.2 Å². The number of pyridine rings is 1. The van der Waals surface area contributed by atoms with E-state index in [0.717, 1.165) is 6.20 Å². The van der Waals surface area contributed by atoms with Crippen LogP contribution in [0.3, 0.4) is 0 Å². The Labute approximate surface area is 126 Å². The molecule has 0 unspecified atom stereocenters. The number of nitrogens with zero attached hydrogens (tertiary/aromatic N) is 1. The fourth-order valence-electron chi connectivity index (χ4n) is 1.57. The molecular weight excluding hydrogens is 301 g/mol. The van der Waals surface area contributed by atoms with E-state index in [-0.39, 0.29) is 29.4 Å². The average molecular weight is 320 g/mol. The largest absolute Gasteiger partial charge is 0.468 e. The fourth-order valence-corrected chi connectivity index (χ4v) is 1.57. The lowest BCUT2D eigenvalue weighted by Crippen LogP contribution is -2.34. The van der Waals surface area contributed by atoms with E-state index >= 15 is 0 Å². The van der Waals surface area contributed by atoms with Crippen LogP contribution in [0.15, 0.2) is 18.3 Å². The molecule has 5 nitrogen and oxygen atoms in total. The summed E-state index contributed by atoms with van der Waals surface area (Å²) in [7, 11) is 0. The number of carbonyl (C=O) groups excluding carboxylic acids is 1. The molecule has 1 aromatic heterocycles. The van der Waals surface area contributed by atoms with Crippen LogP contribution in [-0.2, 0) is 0 Å². The summed E-state index contributed by atoms with van der Waals surface area (Å²) in [4.78, 5) is 15.6. The lowest BCUT2D eigenvalue weighted by molar-refractivity contribution is -0.154. The highest BCUT2D eigenvalue weighted by atomic mass is 19.4. The lowest BCUT2D eigenvalue weighted by Gasteiger charge is -2.23. The normalized spacial score (nSPS) is 12.1. The highest BCUT2D eigenvalue weighted by Crippen LogP contribution is 2.19. The zero-order valence-electron chi connectivity index (χ0n) is 12.4. The second kappa shape index (κ2) is 7.44. The minimum atomic E-state index is -4.43. The zero-order chi connectivity index (χ0) is 16.8. The van der Waals surface area contributed by atoms with Crippen molar-refractivity contribution in [1.82, 2.24) is 10.3 Å². The van der Waals surface area contributed by atoms with Gasteiger partial charge in [0.1, 0.15) is 0 Å². The summed E-state index contributed by atoms with van der Waals surface area (Å²) in [5.74, 6) is -0.588. The summed E-state index contributed by atoms with van der Waals surface area (Å²) in [6, 6.07) is 2.55. The van der Waals surface area contributed by atoms with Crippen LogP contribution >= 0.6 is 0 Å². The highest BCUT2D eigenvalue weighted by Gasteiger charge is 2.28.